The third kappa shape index (κ3) is 5.43. The Kier molecular flexibility index (Phi) is 7.65. The third-order valence-corrected chi connectivity index (χ3v) is 4.97. The highest BCUT2D eigenvalue weighted by molar-refractivity contribution is 9.10. The number of hydrogen-bond donors (Lipinski definition) is 2. The second-order valence-electron chi connectivity index (χ2n) is 6.53. The summed E-state index contributed by atoms with van der Waals surface area (Å²) in [6, 6.07) is 11.2. The van der Waals surface area contributed by atoms with Crippen molar-refractivity contribution in [3.63, 3.8) is 0 Å². The Bertz CT molecular complexity index is 1130. The van der Waals surface area contributed by atoms with Crippen LogP contribution in [0.4, 0.5) is 5.82 Å². The summed E-state index contributed by atoms with van der Waals surface area (Å²) < 4.78 is 8.36. The first-order chi connectivity index (χ1) is 15.1. The van der Waals surface area contributed by atoms with Gasteiger partial charge in [0.2, 0.25) is 5.91 Å². The van der Waals surface area contributed by atoms with Crippen molar-refractivity contribution in [3.8, 4) is 6.01 Å². The Balaban J connectivity index is 1.85. The van der Waals surface area contributed by atoms with E-state index in [0.717, 1.165) is 22.8 Å². The van der Waals surface area contributed by atoms with Crippen LogP contribution < -0.4 is 15.9 Å². The number of ether oxygens (including phenoxy) is 1. The number of benzene rings is 1. The number of aromatic nitrogens is 3. The summed E-state index contributed by atoms with van der Waals surface area (Å²) in [5.74, 6) is 5.88. The van der Waals surface area contributed by atoms with Crippen molar-refractivity contribution in [2.45, 2.75) is 32.8 Å². The first kappa shape index (κ1) is 22.3. The molecule has 0 unspecified atom stereocenters. The maximum atomic E-state index is 12.0. The second-order valence-corrected chi connectivity index (χ2v) is 7.39. The maximum absolute atomic E-state index is 12.0. The summed E-state index contributed by atoms with van der Waals surface area (Å²) >= 11 is 3.50. The van der Waals surface area contributed by atoms with Crippen LogP contribution in [0.25, 0.3) is 11.0 Å². The topological polar surface area (TPSA) is 132 Å². The average Bonchev–Trinajstić information content (AvgIpc) is 3.14. The highest BCUT2D eigenvalue weighted by atomic mass is 79.9. The minimum absolute atomic E-state index is 0.0602. The number of nitrogens with two attached hydrogens (primary N) is 1. The number of halogens is 1. The Hall–Kier alpha value is -3.34. The van der Waals surface area contributed by atoms with Gasteiger partial charge in [-0.15, -0.1) is 0 Å². The lowest BCUT2D eigenvalue weighted by Gasteiger charge is -2.09. The van der Waals surface area contributed by atoms with Gasteiger partial charge in [0.1, 0.15) is 17.9 Å². The predicted molar refractivity (Wildman–Crippen MR) is 122 cm³/mol. The van der Waals surface area contributed by atoms with Gasteiger partial charge in [0, 0.05) is 17.9 Å². The van der Waals surface area contributed by atoms with Gasteiger partial charge in [-0.3, -0.25) is 9.79 Å². The molecule has 3 aromatic rings. The SMILES string of the molecule is CCCCC(=O)Nc1cccc(COc2nc3c(Br)cccc3n2C(=NC)/N=N\N)n1. The number of anilines is 1. The number of nitrogens with zero attached hydrogens (tertiary/aromatic N) is 6. The summed E-state index contributed by atoms with van der Waals surface area (Å²) in [5.41, 5.74) is 2.03. The van der Waals surface area contributed by atoms with E-state index >= 15 is 0 Å². The molecule has 11 heteroatoms. The van der Waals surface area contributed by atoms with E-state index in [0.29, 0.717) is 23.4 Å². The summed E-state index contributed by atoms with van der Waals surface area (Å²) in [5, 5.41) is 10.0. The predicted octanol–water partition coefficient (Wildman–Crippen LogP) is 4.06. The van der Waals surface area contributed by atoms with Gasteiger partial charge in [-0.25, -0.2) is 9.55 Å². The van der Waals surface area contributed by atoms with Crippen LogP contribution in [0.1, 0.15) is 31.9 Å². The van der Waals surface area contributed by atoms with E-state index in [2.05, 4.69) is 46.5 Å². The summed E-state index contributed by atoms with van der Waals surface area (Å²) in [6.07, 6.45) is 2.26. The van der Waals surface area contributed by atoms with Crippen molar-refractivity contribution in [2.24, 2.45) is 21.2 Å². The quantitative estimate of drug-likeness (QED) is 0.171. The molecule has 0 atom stereocenters. The number of fused-ring (bicyclic) bond motifs is 1. The Morgan fingerprint density at radius 2 is 2.06 bits per heavy atom. The van der Waals surface area contributed by atoms with E-state index < -0.39 is 0 Å². The Morgan fingerprint density at radius 3 is 2.81 bits per heavy atom. The Labute approximate surface area is 187 Å². The fourth-order valence-electron chi connectivity index (χ4n) is 2.89. The minimum Gasteiger partial charge on any atom is -0.458 e. The first-order valence-electron chi connectivity index (χ1n) is 9.71. The fraction of sp³-hybridized carbons (Fsp3) is 0.300. The summed E-state index contributed by atoms with van der Waals surface area (Å²) in [7, 11) is 1.57. The number of imidazole rings is 1. The van der Waals surface area contributed by atoms with Gasteiger partial charge in [0.15, 0.2) is 0 Å². The van der Waals surface area contributed by atoms with Gasteiger partial charge in [-0.05, 0) is 46.6 Å². The van der Waals surface area contributed by atoms with Gasteiger partial charge < -0.3 is 15.9 Å². The van der Waals surface area contributed by atoms with E-state index in [4.69, 9.17) is 10.6 Å². The van der Waals surface area contributed by atoms with Crippen LogP contribution in [-0.4, -0.2) is 33.4 Å². The van der Waals surface area contributed by atoms with Crippen LogP contribution in [0.15, 0.2) is 56.2 Å². The Morgan fingerprint density at radius 1 is 1.26 bits per heavy atom. The van der Waals surface area contributed by atoms with E-state index in [1.54, 1.807) is 23.7 Å². The monoisotopic (exact) mass is 486 g/mol. The number of aliphatic imine (C=N–C) groups is 1. The smallest absolute Gasteiger partial charge is 0.305 e. The van der Waals surface area contributed by atoms with Crippen LogP contribution in [0, 0.1) is 0 Å². The molecule has 162 valence electrons. The molecule has 0 fully saturated rings. The van der Waals surface area contributed by atoms with Crippen molar-refractivity contribution in [2.75, 3.05) is 12.4 Å². The van der Waals surface area contributed by atoms with E-state index in [1.165, 1.54) is 0 Å². The number of carbonyl (C=O) groups is 1. The molecule has 0 radical (unpaired) electrons. The zero-order chi connectivity index (χ0) is 22.2. The fourth-order valence-corrected chi connectivity index (χ4v) is 3.33. The van der Waals surface area contributed by atoms with Crippen LogP contribution in [0.5, 0.6) is 6.01 Å². The van der Waals surface area contributed by atoms with Gasteiger partial charge in [-0.2, -0.15) is 4.98 Å². The van der Waals surface area contributed by atoms with Crippen molar-refractivity contribution in [1.29, 1.82) is 0 Å². The molecule has 1 aromatic carbocycles. The van der Waals surface area contributed by atoms with Gasteiger partial charge in [0.25, 0.3) is 5.96 Å². The maximum Gasteiger partial charge on any atom is 0.305 e. The van der Waals surface area contributed by atoms with E-state index in [1.807, 2.05) is 31.2 Å². The number of para-hydroxylation sites is 1. The van der Waals surface area contributed by atoms with Crippen molar-refractivity contribution >= 4 is 44.6 Å². The van der Waals surface area contributed by atoms with Crippen LogP contribution in [0.2, 0.25) is 0 Å². The van der Waals surface area contributed by atoms with Gasteiger partial charge >= 0.3 is 6.01 Å². The summed E-state index contributed by atoms with van der Waals surface area (Å²) in [6.45, 7) is 2.16. The number of hydrogen-bond acceptors (Lipinski definition) is 6. The molecular formula is C20H23BrN8O2. The van der Waals surface area contributed by atoms with Gasteiger partial charge in [-0.1, -0.05) is 35.8 Å². The van der Waals surface area contributed by atoms with Crippen molar-refractivity contribution in [1.82, 2.24) is 14.5 Å². The molecule has 10 nitrogen and oxygen atoms in total. The number of pyridine rings is 1. The van der Waals surface area contributed by atoms with Gasteiger partial charge in [0.05, 0.1) is 11.2 Å². The normalized spacial score (nSPS) is 11.9. The number of unbranched alkanes of at least 4 members (excludes halogenated alkanes) is 1. The lowest BCUT2D eigenvalue weighted by Crippen LogP contribution is -2.14. The molecule has 0 spiro atoms. The van der Waals surface area contributed by atoms with E-state index in [9.17, 15) is 4.79 Å². The zero-order valence-electron chi connectivity index (χ0n) is 17.2. The molecule has 2 heterocycles. The summed E-state index contributed by atoms with van der Waals surface area (Å²) in [4.78, 5) is 25.1. The minimum atomic E-state index is -0.0602. The van der Waals surface area contributed by atoms with Crippen LogP contribution in [-0.2, 0) is 11.4 Å². The number of nitrogens with one attached hydrogen (secondary N) is 1. The molecule has 3 rings (SSSR count). The molecule has 0 aliphatic carbocycles. The highest BCUT2D eigenvalue weighted by Crippen LogP contribution is 2.28. The molecular weight excluding hydrogens is 464 g/mol. The standard InChI is InChI=1S/C20H23BrN8O2/c1-3-4-11-17(30)25-16-10-5-7-13(24-16)12-31-20-26-18-14(21)8-6-9-15(18)29(20)19(23-2)27-28-22/h5-10H,3-4,11-12H2,1-2H3,(H2,22,23,27)(H,24,25,30). The van der Waals surface area contributed by atoms with Crippen molar-refractivity contribution < 1.29 is 9.53 Å². The van der Waals surface area contributed by atoms with E-state index in [-0.39, 0.29) is 24.5 Å². The lowest BCUT2D eigenvalue weighted by atomic mass is 10.2. The number of carbonyl (C=O) groups excluding carboxylic acids is 1. The third-order valence-electron chi connectivity index (χ3n) is 4.33. The van der Waals surface area contributed by atoms with Crippen LogP contribution in [0.3, 0.4) is 0 Å². The molecule has 0 bridgehead atoms. The molecule has 0 saturated heterocycles. The average molecular weight is 487 g/mol. The molecule has 31 heavy (non-hydrogen) atoms. The van der Waals surface area contributed by atoms with Crippen molar-refractivity contribution in [3.05, 3.63) is 46.6 Å². The van der Waals surface area contributed by atoms with Crippen LogP contribution >= 0.6 is 15.9 Å². The molecule has 0 aliphatic rings. The first-order valence-corrected chi connectivity index (χ1v) is 10.5. The number of rotatable bonds is 7. The zero-order valence-corrected chi connectivity index (χ0v) is 18.8. The lowest BCUT2D eigenvalue weighted by molar-refractivity contribution is -0.116. The molecule has 0 aliphatic heterocycles. The largest absolute Gasteiger partial charge is 0.458 e. The molecule has 1 amide bonds. The molecule has 2 aromatic heterocycles. The second kappa shape index (κ2) is 10.6. The molecule has 3 N–H and O–H groups in total. The number of amides is 1. The highest BCUT2D eigenvalue weighted by Gasteiger charge is 2.18. The molecule has 0 saturated carbocycles.